The van der Waals surface area contributed by atoms with Gasteiger partial charge in [-0.25, -0.2) is 8.78 Å². The van der Waals surface area contributed by atoms with Crippen molar-refractivity contribution in [2.24, 2.45) is 17.3 Å². The molecule has 1 aromatic heterocycles. The van der Waals surface area contributed by atoms with Crippen LogP contribution in [0.2, 0.25) is 0 Å². The second-order valence-corrected chi connectivity index (χ2v) is 9.24. The third-order valence-corrected chi connectivity index (χ3v) is 5.87. The number of carboxylic acid groups (broad SMARTS) is 1. The molecule has 2 heterocycles. The van der Waals surface area contributed by atoms with E-state index in [4.69, 9.17) is 5.11 Å². The van der Waals surface area contributed by atoms with Crippen LogP contribution in [0.3, 0.4) is 0 Å². The van der Waals surface area contributed by atoms with E-state index < -0.39 is 29.1 Å². The number of piperidine rings is 1. The molecule has 0 bridgehead atoms. The maximum absolute atomic E-state index is 13.0. The number of nitrogens with zero attached hydrogens (tertiary/aromatic N) is 4. The van der Waals surface area contributed by atoms with Gasteiger partial charge in [0.15, 0.2) is 0 Å². The molecule has 166 valence electrons. The van der Waals surface area contributed by atoms with Crippen LogP contribution in [-0.2, 0) is 11.3 Å². The van der Waals surface area contributed by atoms with Gasteiger partial charge in [0.05, 0.1) is 5.69 Å². The largest absolute Gasteiger partial charge is 0.481 e. The van der Waals surface area contributed by atoms with Crippen molar-refractivity contribution in [2.45, 2.75) is 64.8 Å². The SMILES string of the molecule is CC(C)(C)C(C(=O)O)c1cn(CCC2CCN(CC3CC3(F)F)CC2)nn1.CO. The number of carbonyl (C=O) groups is 1. The van der Waals surface area contributed by atoms with Crippen molar-refractivity contribution in [2.75, 3.05) is 26.7 Å². The summed E-state index contributed by atoms with van der Waals surface area (Å²) in [7, 11) is 1.00. The first-order valence-electron chi connectivity index (χ1n) is 10.2. The quantitative estimate of drug-likeness (QED) is 0.710. The summed E-state index contributed by atoms with van der Waals surface area (Å²) in [4.78, 5) is 13.7. The number of aromatic nitrogens is 3. The van der Waals surface area contributed by atoms with Crippen LogP contribution in [0.25, 0.3) is 0 Å². The van der Waals surface area contributed by atoms with E-state index in [-0.39, 0.29) is 6.42 Å². The minimum absolute atomic E-state index is 0.0491. The summed E-state index contributed by atoms with van der Waals surface area (Å²) in [6.07, 6.45) is 4.77. The Morgan fingerprint density at radius 1 is 1.31 bits per heavy atom. The first kappa shape index (κ1) is 23.7. The fourth-order valence-corrected chi connectivity index (χ4v) is 4.05. The van der Waals surface area contributed by atoms with Gasteiger partial charge in [-0.05, 0) is 43.7 Å². The van der Waals surface area contributed by atoms with E-state index in [1.54, 1.807) is 10.9 Å². The summed E-state index contributed by atoms with van der Waals surface area (Å²) in [5.74, 6) is -3.89. The fraction of sp³-hybridized carbons (Fsp3) is 0.850. The van der Waals surface area contributed by atoms with Crippen molar-refractivity contribution in [1.29, 1.82) is 0 Å². The standard InChI is InChI=1S/C19H30F2N4O2.CH4O/c1-18(2,3)16(17(26)27)15-12-25(23-22-15)9-6-13-4-7-24(8-5-13)11-14-10-19(14,20)21;1-2/h12-14,16H,4-11H2,1-3H3,(H,26,27);2H,1H3. The molecule has 1 aliphatic carbocycles. The van der Waals surface area contributed by atoms with Crippen LogP contribution in [0.1, 0.15) is 58.1 Å². The molecule has 2 unspecified atom stereocenters. The van der Waals surface area contributed by atoms with Gasteiger partial charge in [-0.1, -0.05) is 26.0 Å². The summed E-state index contributed by atoms with van der Waals surface area (Å²) >= 11 is 0. The van der Waals surface area contributed by atoms with Crippen molar-refractivity contribution < 1.29 is 23.8 Å². The first-order chi connectivity index (χ1) is 13.6. The average molecular weight is 417 g/mol. The Labute approximate surface area is 171 Å². The zero-order valence-corrected chi connectivity index (χ0v) is 17.8. The lowest BCUT2D eigenvalue weighted by Gasteiger charge is -2.31. The van der Waals surface area contributed by atoms with E-state index in [0.29, 0.717) is 24.7 Å². The van der Waals surface area contributed by atoms with E-state index in [9.17, 15) is 18.7 Å². The normalized spacial score (nSPS) is 23.2. The Bertz CT molecular complexity index is 667. The van der Waals surface area contributed by atoms with Gasteiger partial charge in [-0.15, -0.1) is 5.10 Å². The molecule has 1 saturated carbocycles. The molecule has 1 saturated heterocycles. The highest BCUT2D eigenvalue weighted by Gasteiger charge is 2.57. The zero-order valence-electron chi connectivity index (χ0n) is 17.8. The molecule has 9 heteroatoms. The number of rotatable bonds is 7. The van der Waals surface area contributed by atoms with Crippen LogP contribution >= 0.6 is 0 Å². The minimum atomic E-state index is -2.43. The number of aliphatic carboxylic acids is 1. The molecule has 3 rings (SSSR count). The zero-order chi connectivity index (χ0) is 21.8. The molecule has 7 nitrogen and oxygen atoms in total. The molecular formula is C20H34F2N4O3. The number of hydrogen-bond donors (Lipinski definition) is 2. The molecule has 0 radical (unpaired) electrons. The van der Waals surface area contributed by atoms with Gasteiger partial charge in [0.1, 0.15) is 5.92 Å². The number of carboxylic acids is 1. The van der Waals surface area contributed by atoms with Crippen molar-refractivity contribution in [1.82, 2.24) is 19.9 Å². The summed E-state index contributed by atoms with van der Waals surface area (Å²) < 4.78 is 27.8. The predicted molar refractivity (Wildman–Crippen MR) is 105 cm³/mol. The van der Waals surface area contributed by atoms with E-state index in [2.05, 4.69) is 15.2 Å². The van der Waals surface area contributed by atoms with Gasteiger partial charge in [-0.2, -0.15) is 0 Å². The number of aryl methyl sites for hydroxylation is 1. The molecule has 2 fully saturated rings. The molecule has 0 aromatic carbocycles. The number of likely N-dealkylation sites (tertiary alicyclic amines) is 1. The van der Waals surface area contributed by atoms with Gasteiger partial charge >= 0.3 is 5.97 Å². The number of aliphatic hydroxyl groups is 1. The van der Waals surface area contributed by atoms with Gasteiger partial charge in [0, 0.05) is 38.7 Å². The lowest BCUT2D eigenvalue weighted by molar-refractivity contribution is -0.141. The molecule has 1 aromatic rings. The van der Waals surface area contributed by atoms with Crippen LogP contribution in [-0.4, -0.2) is 68.7 Å². The second kappa shape index (κ2) is 9.47. The molecule has 2 atom stereocenters. The lowest BCUT2D eigenvalue weighted by atomic mass is 9.79. The summed E-state index contributed by atoms with van der Waals surface area (Å²) in [5, 5.41) is 24.7. The van der Waals surface area contributed by atoms with Gasteiger partial charge in [-0.3, -0.25) is 9.48 Å². The number of aliphatic hydroxyl groups excluding tert-OH is 1. The maximum atomic E-state index is 13.0. The molecule has 2 aliphatic rings. The third-order valence-electron chi connectivity index (χ3n) is 5.87. The van der Waals surface area contributed by atoms with Crippen molar-refractivity contribution in [3.8, 4) is 0 Å². The molecule has 0 amide bonds. The summed E-state index contributed by atoms with van der Waals surface area (Å²) in [6, 6.07) is 0. The Morgan fingerprint density at radius 3 is 2.38 bits per heavy atom. The highest BCUT2D eigenvalue weighted by Crippen LogP contribution is 2.49. The number of alkyl halides is 2. The Hall–Kier alpha value is -1.61. The van der Waals surface area contributed by atoms with Gasteiger partial charge < -0.3 is 15.1 Å². The highest BCUT2D eigenvalue weighted by molar-refractivity contribution is 5.76. The summed E-state index contributed by atoms with van der Waals surface area (Å²) in [5.41, 5.74) is 0.0629. The first-order valence-corrected chi connectivity index (χ1v) is 10.2. The number of halogens is 2. The summed E-state index contributed by atoms with van der Waals surface area (Å²) in [6.45, 7) is 8.64. The highest BCUT2D eigenvalue weighted by atomic mass is 19.3. The second-order valence-electron chi connectivity index (χ2n) is 9.24. The van der Waals surface area contributed by atoms with Gasteiger partial charge in [0.25, 0.3) is 5.92 Å². The van der Waals surface area contributed by atoms with Crippen LogP contribution < -0.4 is 0 Å². The van der Waals surface area contributed by atoms with Crippen LogP contribution in [0.4, 0.5) is 8.78 Å². The third kappa shape index (κ3) is 6.44. The Balaban J connectivity index is 0.00000145. The van der Waals surface area contributed by atoms with Crippen molar-refractivity contribution in [3.05, 3.63) is 11.9 Å². The van der Waals surface area contributed by atoms with Gasteiger partial charge in [0.2, 0.25) is 0 Å². The van der Waals surface area contributed by atoms with Crippen molar-refractivity contribution >= 4 is 5.97 Å². The van der Waals surface area contributed by atoms with E-state index >= 15 is 0 Å². The minimum Gasteiger partial charge on any atom is -0.481 e. The van der Waals surface area contributed by atoms with E-state index in [1.807, 2.05) is 20.8 Å². The topological polar surface area (TPSA) is 91.5 Å². The van der Waals surface area contributed by atoms with Crippen LogP contribution in [0.15, 0.2) is 6.20 Å². The van der Waals surface area contributed by atoms with Crippen molar-refractivity contribution in [3.63, 3.8) is 0 Å². The fourth-order valence-electron chi connectivity index (χ4n) is 4.05. The smallest absolute Gasteiger partial charge is 0.313 e. The van der Waals surface area contributed by atoms with Crippen LogP contribution in [0, 0.1) is 17.3 Å². The monoisotopic (exact) mass is 416 g/mol. The molecule has 29 heavy (non-hydrogen) atoms. The molecular weight excluding hydrogens is 382 g/mol. The molecule has 2 N–H and O–H groups in total. The number of hydrogen-bond acceptors (Lipinski definition) is 5. The Kier molecular flexibility index (Phi) is 7.73. The predicted octanol–water partition coefficient (Wildman–Crippen LogP) is 2.86. The molecule has 1 aliphatic heterocycles. The van der Waals surface area contributed by atoms with Crippen LogP contribution in [0.5, 0.6) is 0 Å². The Morgan fingerprint density at radius 2 is 1.90 bits per heavy atom. The lowest BCUT2D eigenvalue weighted by Crippen LogP contribution is -2.36. The molecule has 0 spiro atoms. The average Bonchev–Trinajstić information content (AvgIpc) is 3.02. The van der Waals surface area contributed by atoms with E-state index in [0.717, 1.165) is 39.5 Å². The van der Waals surface area contributed by atoms with E-state index in [1.165, 1.54) is 0 Å². The maximum Gasteiger partial charge on any atom is 0.313 e.